The summed E-state index contributed by atoms with van der Waals surface area (Å²) in [6.45, 7) is 1.58. The smallest absolute Gasteiger partial charge is 0.338 e. The molecule has 0 saturated carbocycles. The molecule has 0 aromatic heterocycles. The van der Waals surface area contributed by atoms with Gasteiger partial charge in [0.1, 0.15) is 12.6 Å². The molecule has 2 unspecified atom stereocenters. The lowest BCUT2D eigenvalue weighted by Gasteiger charge is -2.36. The molecule has 1 heterocycles. The summed E-state index contributed by atoms with van der Waals surface area (Å²) in [4.78, 5) is 32.9. The van der Waals surface area contributed by atoms with Crippen molar-refractivity contribution in [3.05, 3.63) is 118 Å². The summed E-state index contributed by atoms with van der Waals surface area (Å²) in [6.07, 6.45) is 0. The van der Waals surface area contributed by atoms with E-state index in [4.69, 9.17) is 14.2 Å². The molecule has 0 aliphatic carbocycles. The maximum absolute atomic E-state index is 14.5. The first-order valence-corrected chi connectivity index (χ1v) is 12.5. The van der Waals surface area contributed by atoms with Crippen LogP contribution in [0.25, 0.3) is 0 Å². The van der Waals surface area contributed by atoms with Gasteiger partial charge in [-0.25, -0.2) is 23.3 Å². The van der Waals surface area contributed by atoms with Crippen molar-refractivity contribution < 1.29 is 32.6 Å². The van der Waals surface area contributed by atoms with E-state index in [0.29, 0.717) is 0 Å². The molecule has 4 rings (SSSR count). The summed E-state index contributed by atoms with van der Waals surface area (Å²) in [5.41, 5.74) is 1.70. The van der Waals surface area contributed by atoms with E-state index in [1.807, 2.05) is 36.4 Å². The minimum absolute atomic E-state index is 0.0635. The Morgan fingerprint density at radius 1 is 0.950 bits per heavy atom. The first-order valence-electron chi connectivity index (χ1n) is 12.5. The lowest BCUT2D eigenvalue weighted by atomic mass is 9.94. The van der Waals surface area contributed by atoms with Crippen LogP contribution >= 0.6 is 0 Å². The highest BCUT2D eigenvalue weighted by molar-refractivity contribution is 6.01. The minimum atomic E-state index is -1.28. The highest BCUT2D eigenvalue weighted by Gasteiger charge is 2.42. The fourth-order valence-corrected chi connectivity index (χ4v) is 4.33. The maximum Gasteiger partial charge on any atom is 0.338 e. The van der Waals surface area contributed by atoms with E-state index in [1.165, 1.54) is 20.3 Å². The van der Waals surface area contributed by atoms with Gasteiger partial charge in [0.15, 0.2) is 11.6 Å². The van der Waals surface area contributed by atoms with E-state index >= 15 is 0 Å². The fraction of sp³-hybridized carbons (Fsp3) is 0.233. The molecule has 0 spiro atoms. The number of amidine groups is 1. The van der Waals surface area contributed by atoms with Crippen LogP contribution in [-0.2, 0) is 25.6 Å². The van der Waals surface area contributed by atoms with Crippen molar-refractivity contribution in [3.8, 4) is 0 Å². The minimum Gasteiger partial charge on any atom is -0.468 e. The summed E-state index contributed by atoms with van der Waals surface area (Å²) in [5, 5.41) is 2.87. The summed E-state index contributed by atoms with van der Waals surface area (Å²) < 4.78 is 44.8. The third kappa shape index (κ3) is 6.35. The van der Waals surface area contributed by atoms with E-state index in [2.05, 4.69) is 10.3 Å². The third-order valence-electron chi connectivity index (χ3n) is 6.29. The maximum atomic E-state index is 14.5. The summed E-state index contributed by atoms with van der Waals surface area (Å²) in [5.74, 6) is -3.04. The van der Waals surface area contributed by atoms with Crippen LogP contribution in [0.1, 0.15) is 35.7 Å². The van der Waals surface area contributed by atoms with Gasteiger partial charge in [0.25, 0.3) is 0 Å². The van der Waals surface area contributed by atoms with Gasteiger partial charge < -0.3 is 19.5 Å². The number of esters is 1. The molecule has 0 fully saturated rings. The second-order valence-corrected chi connectivity index (χ2v) is 8.98. The lowest BCUT2D eigenvalue weighted by molar-refractivity contribution is -0.141. The lowest BCUT2D eigenvalue weighted by Crippen LogP contribution is -2.50. The Balaban J connectivity index is 1.79. The van der Waals surface area contributed by atoms with Crippen molar-refractivity contribution in [1.29, 1.82) is 0 Å². The first-order chi connectivity index (χ1) is 19.3. The molecular weight excluding hydrogens is 520 g/mol. The van der Waals surface area contributed by atoms with Gasteiger partial charge in [-0.15, -0.1) is 0 Å². The second kappa shape index (κ2) is 13.0. The Morgan fingerprint density at radius 3 is 2.25 bits per heavy atom. The highest BCUT2D eigenvalue weighted by atomic mass is 19.2. The van der Waals surface area contributed by atoms with Crippen molar-refractivity contribution in [3.63, 3.8) is 0 Å². The molecule has 1 aliphatic heterocycles. The van der Waals surface area contributed by atoms with Crippen LogP contribution in [0.3, 0.4) is 0 Å². The number of hydrogen-bond donors (Lipinski definition) is 1. The average Bonchev–Trinajstić information content (AvgIpc) is 2.97. The van der Waals surface area contributed by atoms with Gasteiger partial charge in [0.2, 0.25) is 0 Å². The van der Waals surface area contributed by atoms with E-state index in [-0.39, 0.29) is 36.1 Å². The molecule has 3 aromatic rings. The number of benzene rings is 3. The van der Waals surface area contributed by atoms with Gasteiger partial charge >= 0.3 is 18.0 Å². The zero-order chi connectivity index (χ0) is 28.6. The number of hydrogen-bond acceptors (Lipinski definition) is 6. The van der Waals surface area contributed by atoms with Crippen LogP contribution < -0.4 is 5.32 Å². The molecule has 2 atom stereocenters. The quantitative estimate of drug-likeness (QED) is 0.378. The number of nitrogens with zero attached hydrogens (tertiary/aromatic N) is 2. The van der Waals surface area contributed by atoms with Crippen LogP contribution in [0, 0.1) is 11.6 Å². The van der Waals surface area contributed by atoms with Crippen molar-refractivity contribution in [1.82, 2.24) is 10.2 Å². The number of urea groups is 1. The molecule has 3 aromatic carbocycles. The van der Waals surface area contributed by atoms with Crippen LogP contribution in [0.15, 0.2) is 95.1 Å². The van der Waals surface area contributed by atoms with E-state index < -0.39 is 35.7 Å². The molecule has 8 nitrogen and oxygen atoms in total. The summed E-state index contributed by atoms with van der Waals surface area (Å²) >= 11 is 0. The van der Waals surface area contributed by atoms with Crippen LogP contribution in [-0.4, -0.2) is 43.7 Å². The standard InChI is InChI=1S/C30H29F2N3O5/c1-19(21-12-8-5-9-13-21)33-29(37)35-27(22-14-15-23(31)24(32)16-22)26(25(18-38-2)34-30(35)39-3)28(36)40-17-20-10-6-4-7-11-20/h4-16,19,27H,17-18H2,1-3H3,(H,33,37). The normalized spacial score (nSPS) is 15.8. The number of ether oxygens (including phenoxy) is 3. The number of carbonyl (C=O) groups excluding carboxylic acids is 2. The number of amides is 2. The van der Waals surface area contributed by atoms with Crippen LogP contribution in [0.4, 0.5) is 13.6 Å². The third-order valence-corrected chi connectivity index (χ3v) is 6.29. The molecule has 40 heavy (non-hydrogen) atoms. The van der Waals surface area contributed by atoms with Gasteiger partial charge in [-0.3, -0.25) is 0 Å². The van der Waals surface area contributed by atoms with E-state index in [1.54, 1.807) is 31.2 Å². The predicted octanol–water partition coefficient (Wildman–Crippen LogP) is 5.44. The zero-order valence-electron chi connectivity index (χ0n) is 22.3. The molecule has 10 heteroatoms. The summed E-state index contributed by atoms with van der Waals surface area (Å²) in [7, 11) is 2.72. The summed E-state index contributed by atoms with van der Waals surface area (Å²) in [6, 6.07) is 18.8. The number of halogens is 2. The van der Waals surface area contributed by atoms with Gasteiger partial charge in [0.05, 0.1) is 31.0 Å². The van der Waals surface area contributed by atoms with Crippen molar-refractivity contribution in [2.75, 3.05) is 20.8 Å². The number of carbonyl (C=O) groups is 2. The van der Waals surface area contributed by atoms with Gasteiger partial charge in [-0.2, -0.15) is 4.99 Å². The molecule has 1 aliphatic rings. The monoisotopic (exact) mass is 549 g/mol. The SMILES string of the molecule is COCC1=C(C(=O)OCc2ccccc2)C(c2ccc(F)c(F)c2)N(C(=O)NC(C)c2ccccc2)C(OC)=N1. The Kier molecular flexibility index (Phi) is 9.23. The van der Waals surface area contributed by atoms with Gasteiger partial charge in [-0.1, -0.05) is 66.7 Å². The molecular formula is C30H29F2N3O5. The zero-order valence-corrected chi connectivity index (χ0v) is 22.3. The largest absolute Gasteiger partial charge is 0.468 e. The van der Waals surface area contributed by atoms with E-state index in [0.717, 1.165) is 28.2 Å². The Hall–Kier alpha value is -4.57. The van der Waals surface area contributed by atoms with Gasteiger partial charge in [-0.05, 0) is 35.7 Å². The fourth-order valence-electron chi connectivity index (χ4n) is 4.33. The second-order valence-electron chi connectivity index (χ2n) is 8.98. The molecule has 1 N–H and O–H groups in total. The van der Waals surface area contributed by atoms with Gasteiger partial charge in [0, 0.05) is 7.11 Å². The van der Waals surface area contributed by atoms with Crippen molar-refractivity contribution in [2.24, 2.45) is 4.99 Å². The number of methoxy groups -OCH3 is 2. The predicted molar refractivity (Wildman–Crippen MR) is 144 cm³/mol. The Morgan fingerprint density at radius 2 is 1.62 bits per heavy atom. The Labute approximate surface area is 230 Å². The molecule has 0 bridgehead atoms. The van der Waals surface area contributed by atoms with Crippen molar-refractivity contribution >= 4 is 18.0 Å². The van der Waals surface area contributed by atoms with Crippen molar-refractivity contribution in [2.45, 2.75) is 25.6 Å². The molecule has 2 amide bonds. The number of nitrogens with one attached hydrogen (secondary N) is 1. The topological polar surface area (TPSA) is 89.5 Å². The molecule has 0 saturated heterocycles. The van der Waals surface area contributed by atoms with Crippen LogP contribution in [0.5, 0.6) is 0 Å². The highest BCUT2D eigenvalue weighted by Crippen LogP contribution is 2.37. The van der Waals surface area contributed by atoms with Crippen LogP contribution in [0.2, 0.25) is 0 Å². The molecule has 0 radical (unpaired) electrons. The first kappa shape index (κ1) is 28.4. The number of aliphatic imine (C=N–C) groups is 1. The number of rotatable bonds is 8. The Bertz CT molecular complexity index is 1410. The average molecular weight is 550 g/mol. The molecule has 208 valence electrons. The van der Waals surface area contributed by atoms with E-state index in [9.17, 15) is 18.4 Å².